The molecule has 0 atom stereocenters. The van der Waals surface area contributed by atoms with E-state index in [9.17, 15) is 9.59 Å². The molecule has 3 aromatic rings. The number of hydrogen-bond donors (Lipinski definition) is 2. The van der Waals surface area contributed by atoms with Gasteiger partial charge >= 0.3 is 0 Å². The number of nitrogens with zero attached hydrogens (tertiary/aromatic N) is 1. The first-order valence-electron chi connectivity index (χ1n) is 9.92. The number of aryl methyl sites for hydroxylation is 1. The molecule has 0 spiro atoms. The molecule has 1 heterocycles. The summed E-state index contributed by atoms with van der Waals surface area (Å²) in [5.41, 5.74) is 2.82. The third-order valence-corrected chi connectivity index (χ3v) is 6.14. The quantitative estimate of drug-likeness (QED) is 0.426. The molecule has 31 heavy (non-hydrogen) atoms. The van der Waals surface area contributed by atoms with E-state index < -0.39 is 0 Å². The molecular weight excluding hydrogens is 430 g/mol. The number of amides is 2. The Labute approximate surface area is 190 Å². The minimum atomic E-state index is -0.0719. The predicted octanol–water partition coefficient (Wildman–Crippen LogP) is 4.99. The molecule has 6 nitrogen and oxygen atoms in total. The van der Waals surface area contributed by atoms with Crippen molar-refractivity contribution >= 4 is 45.7 Å². The summed E-state index contributed by atoms with van der Waals surface area (Å²) in [4.78, 5) is 28.6. The molecular formula is C23H25N3O3S2. The summed E-state index contributed by atoms with van der Waals surface area (Å²) < 4.78 is 5.10. The van der Waals surface area contributed by atoms with Crippen LogP contribution >= 0.6 is 23.1 Å². The molecule has 2 amide bonds. The Balaban J connectivity index is 1.33. The van der Waals surface area contributed by atoms with Crippen molar-refractivity contribution in [2.24, 2.45) is 0 Å². The minimum absolute atomic E-state index is 0.0247. The summed E-state index contributed by atoms with van der Waals surface area (Å²) >= 11 is 2.88. The zero-order valence-corrected chi connectivity index (χ0v) is 18.9. The maximum absolute atomic E-state index is 12.1. The third-order valence-electron chi connectivity index (χ3n) is 4.37. The first-order valence-corrected chi connectivity index (χ1v) is 12.0. The van der Waals surface area contributed by atoms with Crippen molar-refractivity contribution in [3.63, 3.8) is 0 Å². The second kappa shape index (κ2) is 12.1. The van der Waals surface area contributed by atoms with Gasteiger partial charge in [0.25, 0.3) is 0 Å². The maximum atomic E-state index is 12.1. The number of ether oxygens (including phenoxy) is 1. The topological polar surface area (TPSA) is 80.3 Å². The summed E-state index contributed by atoms with van der Waals surface area (Å²) in [6.45, 7) is 0. The number of aromatic nitrogens is 1. The van der Waals surface area contributed by atoms with Gasteiger partial charge < -0.3 is 15.4 Å². The lowest BCUT2D eigenvalue weighted by atomic mass is 10.1. The van der Waals surface area contributed by atoms with Crippen molar-refractivity contribution in [3.8, 4) is 5.75 Å². The van der Waals surface area contributed by atoms with Crippen LogP contribution in [-0.2, 0) is 21.8 Å². The molecule has 0 unspecified atom stereocenters. The number of carbonyl (C=O) groups excluding carboxylic acids is 2. The average Bonchev–Trinajstić information content (AvgIpc) is 3.22. The first-order chi connectivity index (χ1) is 15.1. The van der Waals surface area contributed by atoms with Crippen molar-refractivity contribution in [1.29, 1.82) is 0 Å². The van der Waals surface area contributed by atoms with Gasteiger partial charge in [0.05, 0.1) is 18.6 Å². The Morgan fingerprint density at radius 3 is 2.55 bits per heavy atom. The Bertz CT molecular complexity index is 975. The lowest BCUT2D eigenvalue weighted by Gasteiger charge is -2.06. The normalized spacial score (nSPS) is 10.5. The van der Waals surface area contributed by atoms with Crippen LogP contribution in [0.15, 0.2) is 60.0 Å². The summed E-state index contributed by atoms with van der Waals surface area (Å²) in [5, 5.41) is 8.22. The number of thioether (sulfide) groups is 1. The number of benzene rings is 2. The lowest BCUT2D eigenvalue weighted by Crippen LogP contribution is -2.14. The molecule has 3 rings (SSSR count). The zero-order chi connectivity index (χ0) is 21.9. The predicted molar refractivity (Wildman–Crippen MR) is 128 cm³/mol. The van der Waals surface area contributed by atoms with Crippen LogP contribution in [0.1, 0.15) is 24.1 Å². The molecule has 0 saturated carbocycles. The number of rotatable bonds is 11. The molecule has 0 aliphatic carbocycles. The van der Waals surface area contributed by atoms with Crippen LogP contribution in [0.5, 0.6) is 5.75 Å². The Hall–Kier alpha value is -2.84. The second-order valence-corrected chi connectivity index (χ2v) is 8.64. The molecule has 0 bridgehead atoms. The summed E-state index contributed by atoms with van der Waals surface area (Å²) in [5.74, 6) is 1.58. The number of anilines is 2. The van der Waals surface area contributed by atoms with Crippen LogP contribution in [0.4, 0.5) is 10.8 Å². The van der Waals surface area contributed by atoms with Gasteiger partial charge in [-0.05, 0) is 42.7 Å². The molecule has 1 aromatic heterocycles. The molecule has 8 heteroatoms. The standard InChI is InChI=1S/C23H25N3O3S2/c1-29-20-12-10-18(11-13-20)24-22(28)16-30-14-19-15-31-23(25-19)26-21(27)9-5-8-17-6-3-2-4-7-17/h2-4,6-7,10-13,15H,5,8-9,14,16H2,1H3,(H,24,28)(H,25,26,27). The van der Waals surface area contributed by atoms with E-state index >= 15 is 0 Å². The number of thiazole rings is 1. The highest BCUT2D eigenvalue weighted by molar-refractivity contribution is 7.99. The fraction of sp³-hybridized carbons (Fsp3) is 0.261. The number of carbonyl (C=O) groups is 2. The van der Waals surface area contributed by atoms with Crippen molar-refractivity contribution in [2.75, 3.05) is 23.5 Å². The number of hydrogen-bond acceptors (Lipinski definition) is 6. The number of methoxy groups -OCH3 is 1. The van der Waals surface area contributed by atoms with E-state index in [0.29, 0.717) is 23.1 Å². The van der Waals surface area contributed by atoms with Crippen molar-refractivity contribution < 1.29 is 14.3 Å². The van der Waals surface area contributed by atoms with Crippen LogP contribution in [0.25, 0.3) is 0 Å². The number of nitrogens with one attached hydrogen (secondary N) is 2. The monoisotopic (exact) mass is 455 g/mol. The van der Waals surface area contributed by atoms with E-state index in [2.05, 4.69) is 27.8 Å². The zero-order valence-electron chi connectivity index (χ0n) is 17.3. The van der Waals surface area contributed by atoms with Gasteiger partial charge in [-0.25, -0.2) is 4.98 Å². The summed E-state index contributed by atoms with van der Waals surface area (Å²) in [6.07, 6.45) is 2.14. The third kappa shape index (κ3) is 8.07. The van der Waals surface area contributed by atoms with Gasteiger partial charge in [0.2, 0.25) is 11.8 Å². The highest BCUT2D eigenvalue weighted by Gasteiger charge is 2.09. The molecule has 162 valence electrons. The van der Waals surface area contributed by atoms with Crippen LogP contribution in [0.2, 0.25) is 0 Å². The fourth-order valence-electron chi connectivity index (χ4n) is 2.83. The molecule has 0 aliphatic heterocycles. The van der Waals surface area contributed by atoms with Gasteiger partial charge in [0.1, 0.15) is 5.75 Å². The minimum Gasteiger partial charge on any atom is -0.497 e. The second-order valence-electron chi connectivity index (χ2n) is 6.80. The molecule has 2 aromatic carbocycles. The molecule has 0 aliphatic rings. The Morgan fingerprint density at radius 1 is 1.03 bits per heavy atom. The van der Waals surface area contributed by atoms with E-state index in [-0.39, 0.29) is 11.8 Å². The highest BCUT2D eigenvalue weighted by atomic mass is 32.2. The van der Waals surface area contributed by atoms with Crippen LogP contribution < -0.4 is 15.4 Å². The molecule has 0 radical (unpaired) electrons. The van der Waals surface area contributed by atoms with Crippen LogP contribution in [0.3, 0.4) is 0 Å². The fourth-order valence-corrected chi connectivity index (χ4v) is 4.38. The van der Waals surface area contributed by atoms with E-state index in [0.717, 1.165) is 30.0 Å². The van der Waals surface area contributed by atoms with Crippen molar-refractivity contribution in [2.45, 2.75) is 25.0 Å². The van der Waals surface area contributed by atoms with E-state index in [1.165, 1.54) is 28.7 Å². The first kappa shape index (κ1) is 22.8. The highest BCUT2D eigenvalue weighted by Crippen LogP contribution is 2.21. The molecule has 2 N–H and O–H groups in total. The summed E-state index contributed by atoms with van der Waals surface area (Å²) in [6, 6.07) is 17.3. The van der Waals surface area contributed by atoms with E-state index in [1.807, 2.05) is 23.6 Å². The van der Waals surface area contributed by atoms with Gasteiger partial charge in [0, 0.05) is 23.2 Å². The molecule has 0 saturated heterocycles. The van der Waals surface area contributed by atoms with Gasteiger partial charge in [0.15, 0.2) is 5.13 Å². The smallest absolute Gasteiger partial charge is 0.234 e. The van der Waals surface area contributed by atoms with Crippen molar-refractivity contribution in [1.82, 2.24) is 4.98 Å². The van der Waals surface area contributed by atoms with Crippen molar-refractivity contribution in [3.05, 3.63) is 71.2 Å². The SMILES string of the molecule is COc1ccc(NC(=O)CSCc2csc(NC(=O)CCCc3ccccc3)n2)cc1. The van der Waals surface area contributed by atoms with Crippen LogP contribution in [0, 0.1) is 0 Å². The largest absolute Gasteiger partial charge is 0.497 e. The van der Waals surface area contributed by atoms with Gasteiger partial charge in [-0.3, -0.25) is 9.59 Å². The molecule has 0 fully saturated rings. The van der Waals surface area contributed by atoms with E-state index in [1.54, 1.807) is 31.4 Å². The van der Waals surface area contributed by atoms with Gasteiger partial charge in [-0.2, -0.15) is 0 Å². The Morgan fingerprint density at radius 2 is 1.81 bits per heavy atom. The lowest BCUT2D eigenvalue weighted by molar-refractivity contribution is -0.116. The van der Waals surface area contributed by atoms with Crippen LogP contribution in [-0.4, -0.2) is 29.7 Å². The van der Waals surface area contributed by atoms with Gasteiger partial charge in [-0.1, -0.05) is 30.3 Å². The Kier molecular flexibility index (Phi) is 8.93. The van der Waals surface area contributed by atoms with Gasteiger partial charge in [-0.15, -0.1) is 23.1 Å². The van der Waals surface area contributed by atoms with E-state index in [4.69, 9.17) is 4.74 Å². The maximum Gasteiger partial charge on any atom is 0.234 e. The average molecular weight is 456 g/mol. The summed E-state index contributed by atoms with van der Waals surface area (Å²) in [7, 11) is 1.60.